The van der Waals surface area contributed by atoms with Gasteiger partial charge in [0.15, 0.2) is 0 Å². The Morgan fingerprint density at radius 3 is 2.33 bits per heavy atom. The molecule has 2 N–H and O–H groups in total. The van der Waals surface area contributed by atoms with Crippen molar-refractivity contribution in [2.75, 3.05) is 27.2 Å². The van der Waals surface area contributed by atoms with Crippen LogP contribution in [0.25, 0.3) is 0 Å². The lowest BCUT2D eigenvalue weighted by Gasteiger charge is -2.26. The van der Waals surface area contributed by atoms with E-state index in [1.807, 2.05) is 45.0 Å². The fourth-order valence-electron chi connectivity index (χ4n) is 2.30. The molecular weight excluding hydrogens is 306 g/mol. The third kappa shape index (κ3) is 6.10. The van der Waals surface area contributed by atoms with Crippen LogP contribution in [0.15, 0.2) is 24.3 Å². The molecule has 0 aliphatic rings. The van der Waals surface area contributed by atoms with Gasteiger partial charge in [0.2, 0.25) is 5.91 Å². The van der Waals surface area contributed by atoms with Gasteiger partial charge in [0, 0.05) is 13.6 Å². The van der Waals surface area contributed by atoms with E-state index in [1.165, 1.54) is 4.90 Å². The maximum Gasteiger partial charge on any atom is 0.318 e. The molecule has 6 heteroatoms. The fourth-order valence-corrected chi connectivity index (χ4v) is 2.30. The molecule has 24 heavy (non-hydrogen) atoms. The van der Waals surface area contributed by atoms with Gasteiger partial charge >= 0.3 is 6.03 Å². The second-order valence-electron chi connectivity index (χ2n) is 6.15. The number of benzene rings is 1. The van der Waals surface area contributed by atoms with Crippen molar-refractivity contribution < 1.29 is 14.3 Å². The molecule has 1 aromatic carbocycles. The van der Waals surface area contributed by atoms with Crippen LogP contribution in [-0.4, -0.2) is 44.1 Å². The molecule has 0 saturated carbocycles. The molecule has 0 aliphatic carbocycles. The summed E-state index contributed by atoms with van der Waals surface area (Å²) >= 11 is 0. The average molecular weight is 335 g/mol. The van der Waals surface area contributed by atoms with Gasteiger partial charge in [0.05, 0.1) is 13.2 Å². The third-order valence-corrected chi connectivity index (χ3v) is 3.72. The fraction of sp³-hybridized carbons (Fsp3) is 0.556. The molecule has 0 saturated heterocycles. The van der Waals surface area contributed by atoms with Crippen LogP contribution >= 0.6 is 0 Å². The average Bonchev–Trinajstić information content (AvgIpc) is 2.57. The Labute approximate surface area is 144 Å². The molecule has 0 heterocycles. The molecular formula is C18H29N3O3. The number of hydrogen-bond acceptors (Lipinski definition) is 3. The minimum atomic E-state index is -0.267. The van der Waals surface area contributed by atoms with E-state index in [2.05, 4.69) is 10.6 Å². The number of carbonyl (C=O) groups is 2. The summed E-state index contributed by atoms with van der Waals surface area (Å²) in [5.74, 6) is 0.835. The van der Waals surface area contributed by atoms with Crippen molar-refractivity contribution in [1.29, 1.82) is 0 Å². The first-order chi connectivity index (χ1) is 11.4. The summed E-state index contributed by atoms with van der Waals surface area (Å²) in [7, 11) is 3.24. The second kappa shape index (κ2) is 9.80. The van der Waals surface area contributed by atoms with Gasteiger partial charge in [0.1, 0.15) is 12.3 Å². The lowest BCUT2D eigenvalue weighted by molar-refractivity contribution is -0.121. The molecule has 1 aromatic rings. The van der Waals surface area contributed by atoms with Crippen molar-refractivity contribution in [1.82, 2.24) is 15.5 Å². The van der Waals surface area contributed by atoms with Crippen LogP contribution in [0.3, 0.4) is 0 Å². The molecule has 3 amide bonds. The van der Waals surface area contributed by atoms with Crippen molar-refractivity contribution in [3.63, 3.8) is 0 Å². The zero-order valence-corrected chi connectivity index (χ0v) is 15.3. The van der Waals surface area contributed by atoms with E-state index in [4.69, 9.17) is 4.74 Å². The minimum absolute atomic E-state index is 0.0409. The summed E-state index contributed by atoms with van der Waals surface area (Å²) in [6, 6.07) is 7.23. The molecule has 1 atom stereocenters. The van der Waals surface area contributed by atoms with E-state index in [0.717, 1.165) is 17.7 Å². The Morgan fingerprint density at radius 1 is 1.21 bits per heavy atom. The Hall–Kier alpha value is -2.24. The van der Waals surface area contributed by atoms with Gasteiger partial charge in [-0.3, -0.25) is 4.79 Å². The van der Waals surface area contributed by atoms with Crippen LogP contribution in [0, 0.1) is 5.92 Å². The maximum atomic E-state index is 12.4. The van der Waals surface area contributed by atoms with Crippen molar-refractivity contribution in [3.05, 3.63) is 29.8 Å². The highest BCUT2D eigenvalue weighted by atomic mass is 16.5. The molecule has 0 bridgehead atoms. The van der Waals surface area contributed by atoms with Crippen molar-refractivity contribution >= 4 is 11.9 Å². The third-order valence-electron chi connectivity index (χ3n) is 3.72. The van der Waals surface area contributed by atoms with E-state index >= 15 is 0 Å². The summed E-state index contributed by atoms with van der Waals surface area (Å²) in [4.78, 5) is 25.5. The monoisotopic (exact) mass is 335 g/mol. The quantitative estimate of drug-likeness (QED) is 0.767. The van der Waals surface area contributed by atoms with Crippen molar-refractivity contribution in [3.8, 4) is 5.75 Å². The Kier molecular flexibility index (Phi) is 8.09. The van der Waals surface area contributed by atoms with E-state index in [-0.39, 0.29) is 30.4 Å². The van der Waals surface area contributed by atoms with Gasteiger partial charge in [0.25, 0.3) is 0 Å². The molecule has 0 unspecified atom stereocenters. The Morgan fingerprint density at radius 2 is 1.83 bits per heavy atom. The maximum absolute atomic E-state index is 12.4. The van der Waals surface area contributed by atoms with Gasteiger partial charge in [-0.1, -0.05) is 32.9 Å². The van der Waals surface area contributed by atoms with Gasteiger partial charge in [-0.15, -0.1) is 0 Å². The topological polar surface area (TPSA) is 70.7 Å². The van der Waals surface area contributed by atoms with E-state index in [0.29, 0.717) is 6.54 Å². The number of urea groups is 1. The van der Waals surface area contributed by atoms with Crippen molar-refractivity contribution in [2.24, 2.45) is 5.92 Å². The minimum Gasteiger partial charge on any atom is -0.497 e. The smallest absolute Gasteiger partial charge is 0.318 e. The highest BCUT2D eigenvalue weighted by Gasteiger charge is 2.21. The largest absolute Gasteiger partial charge is 0.497 e. The molecule has 6 nitrogen and oxygen atoms in total. The van der Waals surface area contributed by atoms with Crippen LogP contribution < -0.4 is 15.4 Å². The molecule has 0 fully saturated rings. The zero-order valence-electron chi connectivity index (χ0n) is 15.3. The van der Waals surface area contributed by atoms with Gasteiger partial charge < -0.3 is 20.3 Å². The Bertz CT molecular complexity index is 529. The van der Waals surface area contributed by atoms with E-state index in [9.17, 15) is 9.59 Å². The van der Waals surface area contributed by atoms with Crippen LogP contribution in [0.1, 0.15) is 38.8 Å². The predicted octanol–water partition coefficient (Wildman–Crippen LogP) is 2.56. The molecule has 0 radical (unpaired) electrons. The number of nitrogens with zero attached hydrogens (tertiary/aromatic N) is 1. The summed E-state index contributed by atoms with van der Waals surface area (Å²) in [6.45, 7) is 6.74. The number of nitrogens with one attached hydrogen (secondary N) is 2. The lowest BCUT2D eigenvalue weighted by Crippen LogP contribution is -2.45. The first-order valence-electron chi connectivity index (χ1n) is 8.31. The highest BCUT2D eigenvalue weighted by Crippen LogP contribution is 2.24. The number of likely N-dealkylation sites (N-methyl/N-ethyl adjacent to an activating group) is 1. The van der Waals surface area contributed by atoms with Gasteiger partial charge in [-0.2, -0.15) is 0 Å². The van der Waals surface area contributed by atoms with Gasteiger partial charge in [-0.25, -0.2) is 4.79 Å². The zero-order chi connectivity index (χ0) is 18.1. The van der Waals surface area contributed by atoms with Crippen LogP contribution in [0.2, 0.25) is 0 Å². The molecule has 1 rings (SSSR count). The number of hydrogen-bond donors (Lipinski definition) is 2. The molecule has 0 aliphatic heterocycles. The standard InChI is InChI=1S/C18H29N3O3/c1-6-11-19-16(22)12-21(4)18(23)20-17(13(2)3)14-7-9-15(24-5)10-8-14/h7-10,13,17H,6,11-12H2,1-5H3,(H,19,22)(H,20,23)/t17-/m1/s1. The first kappa shape index (κ1) is 19.8. The molecule has 0 spiro atoms. The lowest BCUT2D eigenvalue weighted by atomic mass is 9.96. The predicted molar refractivity (Wildman–Crippen MR) is 95.0 cm³/mol. The number of methoxy groups -OCH3 is 1. The van der Waals surface area contributed by atoms with Crippen LogP contribution in [0.5, 0.6) is 5.75 Å². The van der Waals surface area contributed by atoms with E-state index in [1.54, 1.807) is 14.2 Å². The SMILES string of the molecule is CCCNC(=O)CN(C)C(=O)N[C@@H](c1ccc(OC)cc1)C(C)C. The summed E-state index contributed by atoms with van der Waals surface area (Å²) in [5, 5.41) is 5.76. The van der Waals surface area contributed by atoms with Gasteiger partial charge in [-0.05, 0) is 30.0 Å². The first-order valence-corrected chi connectivity index (χ1v) is 8.31. The summed E-state index contributed by atoms with van der Waals surface area (Å²) in [6.07, 6.45) is 0.870. The van der Waals surface area contributed by atoms with Crippen LogP contribution in [0.4, 0.5) is 4.79 Å². The Balaban J connectivity index is 2.69. The van der Waals surface area contributed by atoms with Crippen LogP contribution in [-0.2, 0) is 4.79 Å². The number of carbonyl (C=O) groups excluding carboxylic acids is 2. The van der Waals surface area contributed by atoms with Crippen molar-refractivity contribution in [2.45, 2.75) is 33.2 Å². The number of amides is 3. The normalized spacial score (nSPS) is 11.8. The number of ether oxygens (including phenoxy) is 1. The molecule has 0 aromatic heterocycles. The second-order valence-corrected chi connectivity index (χ2v) is 6.15. The molecule has 134 valence electrons. The summed E-state index contributed by atoms with van der Waals surface area (Å²) < 4.78 is 5.16. The summed E-state index contributed by atoms with van der Waals surface area (Å²) in [5.41, 5.74) is 1.00. The highest BCUT2D eigenvalue weighted by molar-refractivity contribution is 5.84. The van der Waals surface area contributed by atoms with E-state index < -0.39 is 0 Å². The number of rotatable bonds is 8.